The number of alkyl halides is 2. The molecule has 0 bridgehead atoms. The molecule has 0 aliphatic carbocycles. The van der Waals surface area contributed by atoms with Crippen molar-refractivity contribution in [1.29, 1.82) is 0 Å². The fourth-order valence-electron chi connectivity index (χ4n) is 1.63. The summed E-state index contributed by atoms with van der Waals surface area (Å²) in [7, 11) is -0.803. The third-order valence-electron chi connectivity index (χ3n) is 3.11. The van der Waals surface area contributed by atoms with Gasteiger partial charge in [0.15, 0.2) is 0 Å². The normalized spacial score (nSPS) is 15.1. The van der Waals surface area contributed by atoms with E-state index < -0.39 is 17.6 Å². The van der Waals surface area contributed by atoms with Crippen LogP contribution in [-0.4, -0.2) is 27.6 Å². The van der Waals surface area contributed by atoms with E-state index >= 15 is 0 Å². The van der Waals surface area contributed by atoms with Crippen molar-refractivity contribution >= 4 is 40.8 Å². The molecule has 0 aliphatic heterocycles. The maximum absolute atomic E-state index is 6.34. The summed E-state index contributed by atoms with van der Waals surface area (Å²) in [6.45, 7) is 9.06. The van der Waals surface area contributed by atoms with Crippen LogP contribution in [0.2, 0.25) is 26.2 Å². The summed E-state index contributed by atoms with van der Waals surface area (Å²) < 4.78 is 0. The average molecular weight is 317 g/mol. The van der Waals surface area contributed by atoms with Gasteiger partial charge in [-0.3, -0.25) is 0 Å². The van der Waals surface area contributed by atoms with E-state index in [0.717, 1.165) is 12.8 Å². The second-order valence-electron chi connectivity index (χ2n) is 5.31. The monoisotopic (exact) mass is 316 g/mol. The maximum atomic E-state index is 6.34. The molecule has 100 valence electrons. The van der Waals surface area contributed by atoms with Gasteiger partial charge in [-0.2, -0.15) is 0 Å². The van der Waals surface area contributed by atoms with Crippen molar-refractivity contribution in [1.82, 2.24) is 0 Å². The van der Waals surface area contributed by atoms with E-state index in [1.165, 1.54) is 11.1 Å². The molecule has 0 amide bonds. The largest absolute Gasteiger partial charge is 0.126 e. The van der Waals surface area contributed by atoms with Gasteiger partial charge in [0.1, 0.15) is 0 Å². The summed E-state index contributed by atoms with van der Waals surface area (Å²) in [6, 6.07) is 8.82. The quantitative estimate of drug-likeness (QED) is 0.532. The van der Waals surface area contributed by atoms with Gasteiger partial charge in [0, 0.05) is 10.0 Å². The standard InChI is InChI=1S/C14H22Cl2Si2/c1-17(2)13(15)9-11-5-7-12(8-6-11)10-14(16)18(3)4/h5-8,13-14H,9-10H2,1-4H3. The second-order valence-corrected chi connectivity index (χ2v) is 12.8. The van der Waals surface area contributed by atoms with Crippen LogP contribution < -0.4 is 0 Å². The maximum Gasteiger partial charge on any atom is 0.0640 e. The minimum Gasteiger partial charge on any atom is -0.126 e. The van der Waals surface area contributed by atoms with Crippen LogP contribution in [0.5, 0.6) is 0 Å². The minimum absolute atomic E-state index is 0.322. The van der Waals surface area contributed by atoms with Gasteiger partial charge >= 0.3 is 0 Å². The van der Waals surface area contributed by atoms with E-state index in [0.29, 0.717) is 10.0 Å². The van der Waals surface area contributed by atoms with Crippen molar-refractivity contribution in [2.45, 2.75) is 49.0 Å². The summed E-state index contributed by atoms with van der Waals surface area (Å²) in [5, 5.41) is 0.644. The van der Waals surface area contributed by atoms with Crippen LogP contribution in [0.15, 0.2) is 24.3 Å². The highest BCUT2D eigenvalue weighted by molar-refractivity contribution is 6.67. The average Bonchev–Trinajstić information content (AvgIpc) is 2.31. The Hall–Kier alpha value is 0.234. The van der Waals surface area contributed by atoms with Crippen molar-refractivity contribution in [3.05, 3.63) is 35.4 Å². The van der Waals surface area contributed by atoms with E-state index in [4.69, 9.17) is 23.2 Å². The topological polar surface area (TPSA) is 0 Å². The molecule has 0 spiro atoms. The number of hydrogen-bond donors (Lipinski definition) is 0. The first-order chi connectivity index (χ1) is 8.40. The molecule has 0 saturated carbocycles. The van der Waals surface area contributed by atoms with Gasteiger partial charge in [0.05, 0.1) is 17.6 Å². The molecule has 18 heavy (non-hydrogen) atoms. The Morgan fingerprint density at radius 2 is 1.06 bits per heavy atom. The van der Waals surface area contributed by atoms with Gasteiger partial charge in [0.2, 0.25) is 0 Å². The summed E-state index contributed by atoms with van der Waals surface area (Å²) in [5.41, 5.74) is 2.68. The Morgan fingerprint density at radius 1 is 0.778 bits per heavy atom. The SMILES string of the molecule is C[Si](C)C(Cl)Cc1ccc(CC(Cl)[Si](C)C)cc1. The lowest BCUT2D eigenvalue weighted by molar-refractivity contribution is 1.03. The minimum atomic E-state index is -0.401. The van der Waals surface area contributed by atoms with Gasteiger partial charge in [-0.25, -0.2) is 0 Å². The molecule has 2 radical (unpaired) electrons. The van der Waals surface area contributed by atoms with Crippen molar-refractivity contribution < 1.29 is 0 Å². The van der Waals surface area contributed by atoms with Crippen molar-refractivity contribution in [3.8, 4) is 0 Å². The first-order valence-electron chi connectivity index (χ1n) is 6.36. The van der Waals surface area contributed by atoms with E-state index in [-0.39, 0.29) is 0 Å². The Kier molecular flexibility index (Phi) is 7.00. The van der Waals surface area contributed by atoms with Crippen molar-refractivity contribution in [2.75, 3.05) is 0 Å². The molecule has 1 rings (SSSR count). The lowest BCUT2D eigenvalue weighted by Crippen LogP contribution is -2.21. The number of halogens is 2. The third-order valence-corrected chi connectivity index (χ3v) is 8.95. The molecular formula is C14H22Cl2Si2. The number of rotatable bonds is 6. The zero-order valence-corrected chi connectivity index (χ0v) is 15.1. The third kappa shape index (κ3) is 5.47. The van der Waals surface area contributed by atoms with E-state index in [1.54, 1.807) is 0 Å². The zero-order chi connectivity index (χ0) is 13.7. The van der Waals surface area contributed by atoms with Crippen LogP contribution in [0, 0.1) is 0 Å². The van der Waals surface area contributed by atoms with Gasteiger partial charge in [-0.05, 0) is 24.0 Å². The van der Waals surface area contributed by atoms with Crippen LogP contribution in [-0.2, 0) is 12.8 Å². The molecule has 0 aliphatic rings. The zero-order valence-electron chi connectivity index (χ0n) is 11.6. The lowest BCUT2D eigenvalue weighted by atomic mass is 10.1. The molecule has 0 saturated heterocycles. The fourth-order valence-corrected chi connectivity index (χ4v) is 3.28. The highest BCUT2D eigenvalue weighted by atomic mass is 35.5. The van der Waals surface area contributed by atoms with Crippen LogP contribution in [0.3, 0.4) is 0 Å². The van der Waals surface area contributed by atoms with Gasteiger partial charge in [-0.1, -0.05) is 50.5 Å². The Morgan fingerprint density at radius 3 is 1.28 bits per heavy atom. The molecule has 0 aromatic heterocycles. The molecule has 2 unspecified atom stereocenters. The van der Waals surface area contributed by atoms with E-state index in [9.17, 15) is 0 Å². The van der Waals surface area contributed by atoms with Gasteiger partial charge < -0.3 is 0 Å². The van der Waals surface area contributed by atoms with Crippen LogP contribution in [0.1, 0.15) is 11.1 Å². The predicted molar refractivity (Wildman–Crippen MR) is 88.1 cm³/mol. The molecule has 0 heterocycles. The summed E-state index contributed by atoms with van der Waals surface area (Å²) in [4.78, 5) is 0. The highest BCUT2D eigenvalue weighted by Crippen LogP contribution is 2.15. The van der Waals surface area contributed by atoms with Crippen molar-refractivity contribution in [3.63, 3.8) is 0 Å². The number of benzene rings is 1. The molecule has 0 nitrogen and oxygen atoms in total. The van der Waals surface area contributed by atoms with E-state index in [2.05, 4.69) is 50.5 Å². The smallest absolute Gasteiger partial charge is 0.0640 e. The second kappa shape index (κ2) is 7.73. The molecule has 1 aromatic carbocycles. The first kappa shape index (κ1) is 16.3. The molecule has 4 heteroatoms. The molecular weight excluding hydrogens is 295 g/mol. The van der Waals surface area contributed by atoms with Gasteiger partial charge in [-0.15, -0.1) is 23.2 Å². The van der Waals surface area contributed by atoms with Crippen LogP contribution >= 0.6 is 23.2 Å². The summed E-state index contributed by atoms with van der Waals surface area (Å²) in [5.74, 6) is 0. The number of hydrogen-bond acceptors (Lipinski definition) is 0. The lowest BCUT2D eigenvalue weighted by Gasteiger charge is -2.14. The Labute approximate surface area is 125 Å². The Balaban J connectivity index is 2.57. The Bertz CT molecular complexity index is 314. The first-order valence-corrected chi connectivity index (χ1v) is 12.4. The molecule has 0 fully saturated rings. The van der Waals surface area contributed by atoms with Crippen LogP contribution in [0.25, 0.3) is 0 Å². The fraction of sp³-hybridized carbons (Fsp3) is 0.571. The molecule has 2 atom stereocenters. The van der Waals surface area contributed by atoms with E-state index in [1.807, 2.05) is 0 Å². The van der Waals surface area contributed by atoms with Gasteiger partial charge in [0.25, 0.3) is 0 Å². The molecule has 1 aromatic rings. The summed E-state index contributed by atoms with van der Waals surface area (Å²) >= 11 is 12.7. The van der Waals surface area contributed by atoms with Crippen molar-refractivity contribution in [2.24, 2.45) is 0 Å². The summed E-state index contributed by atoms with van der Waals surface area (Å²) in [6.07, 6.45) is 1.98. The highest BCUT2D eigenvalue weighted by Gasteiger charge is 2.13. The van der Waals surface area contributed by atoms with Crippen LogP contribution in [0.4, 0.5) is 0 Å². The predicted octanol–water partition coefficient (Wildman–Crippen LogP) is 4.57. The molecule has 0 N–H and O–H groups in total.